The van der Waals surface area contributed by atoms with Crippen molar-refractivity contribution in [2.45, 2.75) is 51.8 Å². The molecular weight excluding hydrogens is 446 g/mol. The zero-order chi connectivity index (χ0) is 25.7. The summed E-state index contributed by atoms with van der Waals surface area (Å²) in [4.78, 5) is 51.2. The molecule has 0 radical (unpaired) electrons. The molecule has 0 heterocycles. The topological polar surface area (TPSA) is 154 Å². The standard InChI is InChI=1S/C23H35N3O8/c1-5-33-18(29)11-12-24-20(30)19(16-9-7-6-8-10-16)26(13-14-27)21(31)17(15-28)25-22(32)34-23(2,3)4/h6-10,17,19,27-28H,5,11-15H2,1-4H3,(H,24,30)(H,25,32). The van der Waals surface area contributed by atoms with Gasteiger partial charge in [0.15, 0.2) is 0 Å². The van der Waals surface area contributed by atoms with Crippen molar-refractivity contribution in [3.05, 3.63) is 35.9 Å². The highest BCUT2D eigenvalue weighted by Crippen LogP contribution is 2.22. The number of amides is 3. The van der Waals surface area contributed by atoms with Crippen LogP contribution in [0.5, 0.6) is 0 Å². The SMILES string of the molecule is CCOC(=O)CCNC(=O)C(c1ccccc1)N(CCO)C(=O)C(CO)NC(=O)OC(C)(C)C. The summed E-state index contributed by atoms with van der Waals surface area (Å²) in [6.45, 7) is 5.31. The van der Waals surface area contributed by atoms with Crippen LogP contribution in [0.4, 0.5) is 4.79 Å². The fourth-order valence-electron chi connectivity index (χ4n) is 3.04. The van der Waals surface area contributed by atoms with Gasteiger partial charge in [-0.25, -0.2) is 4.79 Å². The number of hydrogen-bond donors (Lipinski definition) is 4. The summed E-state index contributed by atoms with van der Waals surface area (Å²) in [5.41, 5.74) is -0.393. The van der Waals surface area contributed by atoms with E-state index in [4.69, 9.17) is 9.47 Å². The summed E-state index contributed by atoms with van der Waals surface area (Å²) in [5.74, 6) is -1.88. The van der Waals surface area contributed by atoms with Crippen LogP contribution in [0, 0.1) is 0 Å². The lowest BCUT2D eigenvalue weighted by atomic mass is 10.0. The summed E-state index contributed by atoms with van der Waals surface area (Å²) in [7, 11) is 0. The number of carbonyl (C=O) groups excluding carboxylic acids is 4. The highest BCUT2D eigenvalue weighted by molar-refractivity contribution is 5.92. The Morgan fingerprint density at radius 1 is 1.09 bits per heavy atom. The Kier molecular flexibility index (Phi) is 12.0. The van der Waals surface area contributed by atoms with E-state index in [1.807, 2.05) is 0 Å². The number of aliphatic hydroxyl groups excluding tert-OH is 2. The van der Waals surface area contributed by atoms with Crippen molar-refractivity contribution in [1.82, 2.24) is 15.5 Å². The van der Waals surface area contributed by atoms with Gasteiger partial charge in [0.1, 0.15) is 17.7 Å². The molecule has 11 nitrogen and oxygen atoms in total. The van der Waals surface area contributed by atoms with Gasteiger partial charge >= 0.3 is 12.1 Å². The minimum atomic E-state index is -1.42. The van der Waals surface area contributed by atoms with Crippen LogP contribution in [0.25, 0.3) is 0 Å². The molecular formula is C23H35N3O8. The molecule has 34 heavy (non-hydrogen) atoms. The monoisotopic (exact) mass is 481 g/mol. The molecule has 0 fully saturated rings. The van der Waals surface area contributed by atoms with E-state index in [-0.39, 0.29) is 26.1 Å². The number of carbonyl (C=O) groups is 4. The minimum absolute atomic E-state index is 0.0260. The maximum Gasteiger partial charge on any atom is 0.408 e. The lowest BCUT2D eigenvalue weighted by molar-refractivity contribution is -0.145. The summed E-state index contributed by atoms with van der Waals surface area (Å²) in [6.07, 6.45) is -0.979. The molecule has 0 aliphatic carbocycles. The molecule has 1 aromatic rings. The van der Waals surface area contributed by atoms with Gasteiger partial charge < -0.3 is 35.2 Å². The zero-order valence-corrected chi connectivity index (χ0v) is 20.1. The smallest absolute Gasteiger partial charge is 0.408 e. The van der Waals surface area contributed by atoms with Crippen LogP contribution in [0.15, 0.2) is 30.3 Å². The highest BCUT2D eigenvalue weighted by atomic mass is 16.6. The van der Waals surface area contributed by atoms with Gasteiger partial charge in [-0.2, -0.15) is 0 Å². The van der Waals surface area contributed by atoms with E-state index in [2.05, 4.69) is 10.6 Å². The average Bonchev–Trinajstić information content (AvgIpc) is 2.76. The summed E-state index contributed by atoms with van der Waals surface area (Å²) < 4.78 is 9.99. The summed E-state index contributed by atoms with van der Waals surface area (Å²) in [5, 5.41) is 24.3. The Balaban J connectivity index is 3.15. The van der Waals surface area contributed by atoms with E-state index in [0.717, 1.165) is 4.90 Å². The van der Waals surface area contributed by atoms with Crippen LogP contribution < -0.4 is 10.6 Å². The Morgan fingerprint density at radius 3 is 2.26 bits per heavy atom. The van der Waals surface area contributed by atoms with Crippen LogP contribution in [0.3, 0.4) is 0 Å². The lowest BCUT2D eigenvalue weighted by Gasteiger charge is -2.33. The van der Waals surface area contributed by atoms with E-state index in [9.17, 15) is 29.4 Å². The molecule has 11 heteroatoms. The second-order valence-electron chi connectivity index (χ2n) is 8.30. The zero-order valence-electron chi connectivity index (χ0n) is 20.1. The van der Waals surface area contributed by atoms with Gasteiger partial charge in [0.05, 0.1) is 26.2 Å². The number of benzene rings is 1. The van der Waals surface area contributed by atoms with Gasteiger partial charge in [0, 0.05) is 13.1 Å². The number of alkyl carbamates (subject to hydrolysis) is 1. The third kappa shape index (κ3) is 9.75. The Bertz CT molecular complexity index is 810. The van der Waals surface area contributed by atoms with E-state index < -0.39 is 54.8 Å². The number of esters is 1. The van der Waals surface area contributed by atoms with Crippen molar-refractivity contribution in [2.24, 2.45) is 0 Å². The predicted octanol–water partition coefficient (Wildman–Crippen LogP) is 0.504. The molecule has 2 unspecified atom stereocenters. The van der Waals surface area contributed by atoms with Crippen LogP contribution in [-0.2, 0) is 23.9 Å². The molecule has 1 aromatic carbocycles. The normalized spacial score (nSPS) is 12.8. The number of aliphatic hydroxyl groups is 2. The second kappa shape index (κ2) is 14.2. The second-order valence-corrected chi connectivity index (χ2v) is 8.30. The van der Waals surface area contributed by atoms with Gasteiger partial charge in [0.25, 0.3) is 0 Å². The van der Waals surface area contributed by atoms with Crippen molar-refractivity contribution in [3.8, 4) is 0 Å². The fraction of sp³-hybridized carbons (Fsp3) is 0.565. The molecule has 0 aliphatic rings. The van der Waals surface area contributed by atoms with Crippen LogP contribution in [0.2, 0.25) is 0 Å². The lowest BCUT2D eigenvalue weighted by Crippen LogP contribution is -2.55. The molecule has 0 saturated heterocycles. The molecule has 2 atom stereocenters. The van der Waals surface area contributed by atoms with Gasteiger partial charge in [0.2, 0.25) is 11.8 Å². The molecule has 0 spiro atoms. The van der Waals surface area contributed by atoms with Crippen molar-refractivity contribution in [1.29, 1.82) is 0 Å². The van der Waals surface area contributed by atoms with Gasteiger partial charge in [-0.05, 0) is 33.3 Å². The molecule has 190 valence electrons. The number of hydrogen-bond acceptors (Lipinski definition) is 8. The van der Waals surface area contributed by atoms with Crippen molar-refractivity contribution >= 4 is 23.9 Å². The highest BCUT2D eigenvalue weighted by Gasteiger charge is 2.35. The van der Waals surface area contributed by atoms with Crippen LogP contribution in [-0.4, -0.2) is 83.5 Å². The summed E-state index contributed by atoms with van der Waals surface area (Å²) >= 11 is 0. The van der Waals surface area contributed by atoms with Crippen molar-refractivity contribution < 1.29 is 38.9 Å². The van der Waals surface area contributed by atoms with E-state index in [1.165, 1.54) is 0 Å². The van der Waals surface area contributed by atoms with Crippen LogP contribution in [0.1, 0.15) is 45.7 Å². The maximum atomic E-state index is 13.3. The molecule has 4 N–H and O–H groups in total. The molecule has 1 rings (SSSR count). The number of nitrogens with zero attached hydrogens (tertiary/aromatic N) is 1. The van der Waals surface area contributed by atoms with Crippen molar-refractivity contribution in [2.75, 3.05) is 32.9 Å². The first-order valence-electron chi connectivity index (χ1n) is 11.0. The third-order valence-electron chi connectivity index (χ3n) is 4.40. The molecule has 0 bridgehead atoms. The van der Waals surface area contributed by atoms with Gasteiger partial charge in [-0.15, -0.1) is 0 Å². The molecule has 0 aliphatic heterocycles. The van der Waals surface area contributed by atoms with E-state index >= 15 is 0 Å². The van der Waals surface area contributed by atoms with Crippen LogP contribution >= 0.6 is 0 Å². The number of nitrogens with one attached hydrogen (secondary N) is 2. The first-order valence-corrected chi connectivity index (χ1v) is 11.0. The van der Waals surface area contributed by atoms with Crippen molar-refractivity contribution in [3.63, 3.8) is 0 Å². The van der Waals surface area contributed by atoms with E-state index in [0.29, 0.717) is 5.56 Å². The predicted molar refractivity (Wildman–Crippen MR) is 122 cm³/mol. The fourth-order valence-corrected chi connectivity index (χ4v) is 3.04. The Morgan fingerprint density at radius 2 is 1.74 bits per heavy atom. The largest absolute Gasteiger partial charge is 0.466 e. The Hall–Kier alpha value is -3.18. The number of rotatable bonds is 12. The van der Waals surface area contributed by atoms with Gasteiger partial charge in [-0.1, -0.05) is 30.3 Å². The minimum Gasteiger partial charge on any atom is -0.466 e. The van der Waals surface area contributed by atoms with E-state index in [1.54, 1.807) is 58.0 Å². The molecule has 3 amide bonds. The number of ether oxygens (including phenoxy) is 2. The molecule has 0 saturated carbocycles. The molecule has 0 aromatic heterocycles. The van der Waals surface area contributed by atoms with Gasteiger partial charge in [-0.3, -0.25) is 14.4 Å². The average molecular weight is 482 g/mol. The first-order chi connectivity index (χ1) is 16.0. The Labute approximate surface area is 199 Å². The first kappa shape index (κ1) is 28.9. The third-order valence-corrected chi connectivity index (χ3v) is 4.40. The quantitative estimate of drug-likeness (QED) is 0.315. The summed E-state index contributed by atoms with van der Waals surface area (Å²) in [6, 6.07) is 5.73. The maximum absolute atomic E-state index is 13.3.